The van der Waals surface area contributed by atoms with Gasteiger partial charge < -0.3 is 10.6 Å². The van der Waals surface area contributed by atoms with Crippen molar-refractivity contribution in [3.05, 3.63) is 23.8 Å². The van der Waals surface area contributed by atoms with Crippen LogP contribution in [0.5, 0.6) is 0 Å². The molecule has 1 aromatic rings. The molecule has 0 saturated carbocycles. The average molecular weight is 319 g/mol. The molecule has 21 heavy (non-hydrogen) atoms. The summed E-state index contributed by atoms with van der Waals surface area (Å²) in [4.78, 5) is 1.99. The number of anilines is 1. The lowest BCUT2D eigenvalue weighted by Gasteiger charge is -2.28. The van der Waals surface area contributed by atoms with Crippen molar-refractivity contribution in [3.8, 4) is 0 Å². The minimum absolute atomic E-state index is 0.204. The largest absolute Gasteiger partial charge is 0.405 e. The van der Waals surface area contributed by atoms with Crippen LogP contribution in [-0.4, -0.2) is 30.9 Å². The standard InChI is InChI=1S/C14H20F3N3S/c1-3-8-20(9-14(15,16)17)10-6-5-7-11(21-4-2)12(10)13(18)19/h5-7H,3-4,8-9H2,1-2H3,(H3,18,19). The molecule has 3 N–H and O–H groups in total. The summed E-state index contributed by atoms with van der Waals surface area (Å²) >= 11 is 1.47. The molecule has 0 bridgehead atoms. The van der Waals surface area contributed by atoms with Crippen LogP contribution in [0, 0.1) is 5.41 Å². The smallest absolute Gasteiger partial charge is 0.384 e. The van der Waals surface area contributed by atoms with Crippen LogP contribution in [0.25, 0.3) is 0 Å². The van der Waals surface area contributed by atoms with E-state index in [1.807, 2.05) is 13.8 Å². The van der Waals surface area contributed by atoms with Crippen LogP contribution in [-0.2, 0) is 0 Å². The SMILES string of the molecule is CCCN(CC(F)(F)F)c1cccc(SCC)c1C(=N)N. The first kappa shape index (κ1) is 17.7. The predicted octanol–water partition coefficient (Wildman–Crippen LogP) is 3.86. The number of nitrogens with zero attached hydrogens (tertiary/aromatic N) is 1. The summed E-state index contributed by atoms with van der Waals surface area (Å²) in [6.07, 6.45) is -3.71. The summed E-state index contributed by atoms with van der Waals surface area (Å²) in [5.41, 5.74) is 6.37. The van der Waals surface area contributed by atoms with Gasteiger partial charge in [0.2, 0.25) is 0 Å². The molecule has 0 spiro atoms. The number of halogens is 3. The highest BCUT2D eigenvalue weighted by atomic mass is 32.2. The molecule has 0 aromatic heterocycles. The van der Waals surface area contributed by atoms with Gasteiger partial charge in [0.25, 0.3) is 0 Å². The van der Waals surface area contributed by atoms with E-state index in [2.05, 4.69) is 0 Å². The lowest BCUT2D eigenvalue weighted by atomic mass is 10.1. The summed E-state index contributed by atoms with van der Waals surface area (Å²) in [7, 11) is 0. The van der Waals surface area contributed by atoms with Gasteiger partial charge >= 0.3 is 6.18 Å². The Morgan fingerprint density at radius 3 is 2.48 bits per heavy atom. The fraction of sp³-hybridized carbons (Fsp3) is 0.500. The third-order valence-corrected chi connectivity index (χ3v) is 3.72. The molecule has 0 saturated heterocycles. The predicted molar refractivity (Wildman–Crippen MR) is 82.4 cm³/mol. The molecule has 0 amide bonds. The number of alkyl halides is 3. The van der Waals surface area contributed by atoms with E-state index in [9.17, 15) is 13.2 Å². The Morgan fingerprint density at radius 1 is 1.33 bits per heavy atom. The normalized spacial score (nSPS) is 11.5. The topological polar surface area (TPSA) is 53.1 Å². The molecule has 0 aliphatic carbocycles. The maximum absolute atomic E-state index is 12.8. The molecule has 0 unspecified atom stereocenters. The number of nitrogen functional groups attached to an aromatic ring is 1. The van der Waals surface area contributed by atoms with E-state index in [1.165, 1.54) is 16.7 Å². The number of benzene rings is 1. The maximum atomic E-state index is 12.8. The van der Waals surface area contributed by atoms with Gasteiger partial charge in [-0.1, -0.05) is 19.9 Å². The van der Waals surface area contributed by atoms with Crippen molar-refractivity contribution in [1.82, 2.24) is 0 Å². The quantitative estimate of drug-likeness (QED) is 0.456. The van der Waals surface area contributed by atoms with Crippen molar-refractivity contribution in [2.24, 2.45) is 5.73 Å². The molecule has 7 heteroatoms. The number of nitrogens with one attached hydrogen (secondary N) is 1. The van der Waals surface area contributed by atoms with Gasteiger partial charge in [0, 0.05) is 17.1 Å². The highest BCUT2D eigenvalue weighted by Crippen LogP contribution is 2.32. The maximum Gasteiger partial charge on any atom is 0.405 e. The molecule has 0 fully saturated rings. The van der Waals surface area contributed by atoms with Crippen LogP contribution in [0.15, 0.2) is 23.1 Å². The molecule has 0 aliphatic rings. The number of thioether (sulfide) groups is 1. The molecular weight excluding hydrogens is 299 g/mol. The van der Waals surface area contributed by atoms with Crippen LogP contribution in [0.2, 0.25) is 0 Å². The van der Waals surface area contributed by atoms with Crippen LogP contribution in [0.1, 0.15) is 25.8 Å². The Hall–Kier alpha value is -1.37. The average Bonchev–Trinajstić information content (AvgIpc) is 2.36. The Balaban J connectivity index is 3.29. The third-order valence-electron chi connectivity index (χ3n) is 2.78. The molecule has 3 nitrogen and oxygen atoms in total. The zero-order valence-electron chi connectivity index (χ0n) is 12.1. The minimum atomic E-state index is -4.29. The first-order valence-corrected chi connectivity index (χ1v) is 7.70. The van der Waals surface area contributed by atoms with Gasteiger partial charge in [-0.3, -0.25) is 5.41 Å². The summed E-state index contributed by atoms with van der Waals surface area (Å²) in [6.45, 7) is 2.99. The molecule has 0 heterocycles. The van der Waals surface area contributed by atoms with Crippen LogP contribution < -0.4 is 10.6 Å². The van der Waals surface area contributed by atoms with Gasteiger partial charge in [0.15, 0.2) is 0 Å². The van der Waals surface area contributed by atoms with Crippen molar-refractivity contribution in [3.63, 3.8) is 0 Å². The molecule has 0 atom stereocenters. The van der Waals surface area contributed by atoms with Gasteiger partial charge in [-0.25, -0.2) is 0 Å². The van der Waals surface area contributed by atoms with Gasteiger partial charge in [0.1, 0.15) is 12.4 Å². The van der Waals surface area contributed by atoms with E-state index < -0.39 is 12.7 Å². The number of rotatable bonds is 7. The first-order valence-electron chi connectivity index (χ1n) is 6.72. The zero-order chi connectivity index (χ0) is 16.0. The molecule has 0 aliphatic heterocycles. The highest BCUT2D eigenvalue weighted by Gasteiger charge is 2.32. The third kappa shape index (κ3) is 5.15. The van der Waals surface area contributed by atoms with E-state index >= 15 is 0 Å². The Morgan fingerprint density at radius 2 is 2.00 bits per heavy atom. The van der Waals surface area contributed by atoms with Crippen LogP contribution >= 0.6 is 11.8 Å². The number of hydrogen-bond donors (Lipinski definition) is 2. The van der Waals surface area contributed by atoms with Crippen molar-refractivity contribution in [2.45, 2.75) is 31.3 Å². The minimum Gasteiger partial charge on any atom is -0.384 e. The van der Waals surface area contributed by atoms with Crippen LogP contribution in [0.4, 0.5) is 18.9 Å². The fourth-order valence-electron chi connectivity index (χ4n) is 2.10. The second kappa shape index (κ2) is 7.59. The molecular formula is C14H20F3N3S. The van der Waals surface area contributed by atoms with Gasteiger partial charge in [0.05, 0.1) is 5.56 Å². The molecule has 1 aromatic carbocycles. The number of hydrogen-bond acceptors (Lipinski definition) is 3. The van der Waals surface area contributed by atoms with Crippen molar-refractivity contribution in [2.75, 3.05) is 23.7 Å². The fourth-order valence-corrected chi connectivity index (χ4v) is 2.95. The van der Waals surface area contributed by atoms with Crippen molar-refractivity contribution in [1.29, 1.82) is 5.41 Å². The summed E-state index contributed by atoms with van der Waals surface area (Å²) < 4.78 is 38.3. The van der Waals surface area contributed by atoms with E-state index in [0.717, 1.165) is 10.6 Å². The zero-order valence-corrected chi connectivity index (χ0v) is 12.9. The molecule has 1 rings (SSSR count). The lowest BCUT2D eigenvalue weighted by molar-refractivity contribution is -0.119. The Labute approximate surface area is 127 Å². The van der Waals surface area contributed by atoms with E-state index in [0.29, 0.717) is 17.7 Å². The summed E-state index contributed by atoms with van der Waals surface area (Å²) in [6, 6.07) is 5.09. The molecule has 118 valence electrons. The Bertz CT molecular complexity index is 489. The van der Waals surface area contributed by atoms with Gasteiger partial charge in [-0.15, -0.1) is 11.8 Å². The number of amidine groups is 1. The number of nitrogens with two attached hydrogens (primary N) is 1. The monoisotopic (exact) mass is 319 g/mol. The van der Waals surface area contributed by atoms with Crippen molar-refractivity contribution < 1.29 is 13.2 Å². The highest BCUT2D eigenvalue weighted by molar-refractivity contribution is 7.99. The first-order chi connectivity index (χ1) is 9.80. The Kier molecular flexibility index (Phi) is 6.39. The van der Waals surface area contributed by atoms with Gasteiger partial charge in [-0.05, 0) is 24.3 Å². The molecule has 0 radical (unpaired) electrons. The second-order valence-corrected chi connectivity index (χ2v) is 5.84. The van der Waals surface area contributed by atoms with Crippen molar-refractivity contribution >= 4 is 23.3 Å². The summed E-state index contributed by atoms with van der Waals surface area (Å²) in [5.74, 6) is 0.557. The van der Waals surface area contributed by atoms with E-state index in [4.69, 9.17) is 11.1 Å². The van der Waals surface area contributed by atoms with Gasteiger partial charge in [-0.2, -0.15) is 13.2 Å². The van der Waals surface area contributed by atoms with Crippen LogP contribution in [0.3, 0.4) is 0 Å². The van der Waals surface area contributed by atoms with E-state index in [-0.39, 0.29) is 12.4 Å². The van der Waals surface area contributed by atoms with E-state index in [1.54, 1.807) is 18.2 Å². The lowest BCUT2D eigenvalue weighted by Crippen LogP contribution is -2.36. The second-order valence-electron chi connectivity index (χ2n) is 4.53. The summed E-state index contributed by atoms with van der Waals surface area (Å²) in [5, 5.41) is 7.71.